The highest BCUT2D eigenvalue weighted by atomic mass is 35.5. The Morgan fingerprint density at radius 3 is 2.81 bits per heavy atom. The Balaban J connectivity index is 1.44. The number of likely N-dealkylation sites (tertiary alicyclic amines) is 1. The van der Waals surface area contributed by atoms with Crippen molar-refractivity contribution in [1.29, 1.82) is 0 Å². The molecule has 1 saturated heterocycles. The maximum Gasteiger partial charge on any atom is 0.266 e. The fourth-order valence-corrected chi connectivity index (χ4v) is 5.92. The quantitative estimate of drug-likeness (QED) is 0.500. The normalized spacial score (nSPS) is 16.9. The van der Waals surface area contributed by atoms with Gasteiger partial charge in [0.25, 0.3) is 10.0 Å². The molecule has 170 valence electrons. The molecule has 0 unspecified atom stereocenters. The van der Waals surface area contributed by atoms with Gasteiger partial charge >= 0.3 is 0 Å². The van der Waals surface area contributed by atoms with Gasteiger partial charge in [0.05, 0.1) is 16.2 Å². The zero-order chi connectivity index (χ0) is 22.7. The van der Waals surface area contributed by atoms with Crippen LogP contribution in [0.5, 0.6) is 0 Å². The van der Waals surface area contributed by atoms with Gasteiger partial charge in [0.1, 0.15) is 10.7 Å². The van der Waals surface area contributed by atoms with E-state index >= 15 is 0 Å². The van der Waals surface area contributed by atoms with Gasteiger partial charge in [-0.2, -0.15) is 0 Å². The molecule has 0 spiro atoms. The number of nitrogens with one attached hydrogen (secondary N) is 1. The Morgan fingerprint density at radius 2 is 2.09 bits per heavy atom. The average Bonchev–Trinajstić information content (AvgIpc) is 3.45. The molecular formula is C22H24ClFN4O2S2. The van der Waals surface area contributed by atoms with Gasteiger partial charge in [0, 0.05) is 44.2 Å². The summed E-state index contributed by atoms with van der Waals surface area (Å²) in [5.74, 6) is -0.703. The van der Waals surface area contributed by atoms with E-state index in [1.165, 1.54) is 39.9 Å². The van der Waals surface area contributed by atoms with Crippen LogP contribution in [0, 0.1) is 5.82 Å². The number of benzene rings is 2. The highest BCUT2D eigenvalue weighted by molar-refractivity contribution is 7.92. The summed E-state index contributed by atoms with van der Waals surface area (Å²) in [7, 11) is -2.26. The van der Waals surface area contributed by atoms with Crippen molar-refractivity contribution in [3.05, 3.63) is 69.8 Å². The summed E-state index contributed by atoms with van der Waals surface area (Å²) < 4.78 is 42.3. The Hall–Kier alpha value is -2.20. The Labute approximate surface area is 196 Å². The molecule has 1 aliphatic heterocycles. The lowest BCUT2D eigenvalue weighted by Gasteiger charge is -2.28. The topological polar surface area (TPSA) is 65.5 Å². The summed E-state index contributed by atoms with van der Waals surface area (Å²) in [5.41, 5.74) is 3.27. The monoisotopic (exact) mass is 494 g/mol. The SMILES string of the molecule is CN(c1cc(F)c(S(=O)(=O)Nc2cscn2)cc1Cl)[C@H]1CCN(CCc2ccccc2)C1. The van der Waals surface area contributed by atoms with Crippen molar-refractivity contribution >= 4 is 44.5 Å². The minimum Gasteiger partial charge on any atom is -0.369 e. The van der Waals surface area contributed by atoms with E-state index in [-0.39, 0.29) is 16.9 Å². The van der Waals surface area contributed by atoms with Crippen molar-refractivity contribution in [1.82, 2.24) is 9.88 Å². The van der Waals surface area contributed by atoms with Crippen molar-refractivity contribution in [2.24, 2.45) is 0 Å². The third-order valence-corrected chi connectivity index (χ3v) is 7.96. The minimum atomic E-state index is -4.13. The maximum atomic E-state index is 14.9. The van der Waals surface area contributed by atoms with Crippen LogP contribution >= 0.6 is 22.9 Å². The first-order valence-electron chi connectivity index (χ1n) is 10.2. The highest BCUT2D eigenvalue weighted by Crippen LogP contribution is 2.33. The maximum absolute atomic E-state index is 14.9. The van der Waals surface area contributed by atoms with Crippen LogP contribution in [0.15, 0.2) is 58.3 Å². The Kier molecular flexibility index (Phi) is 6.99. The summed E-state index contributed by atoms with van der Waals surface area (Å²) in [6.45, 7) is 2.74. The zero-order valence-corrected chi connectivity index (χ0v) is 19.9. The molecule has 1 aromatic heterocycles. The molecular weight excluding hydrogens is 471 g/mol. The summed E-state index contributed by atoms with van der Waals surface area (Å²) in [6, 6.07) is 12.9. The van der Waals surface area contributed by atoms with Gasteiger partial charge in [-0.25, -0.2) is 17.8 Å². The molecule has 1 N–H and O–H groups in total. The predicted molar refractivity (Wildman–Crippen MR) is 128 cm³/mol. The Bertz CT molecular complexity index is 1160. The molecule has 2 heterocycles. The predicted octanol–water partition coefficient (Wildman–Crippen LogP) is 4.49. The third-order valence-electron chi connectivity index (χ3n) is 5.70. The number of anilines is 2. The van der Waals surface area contributed by atoms with E-state index in [2.05, 4.69) is 26.7 Å². The number of hydrogen-bond acceptors (Lipinski definition) is 6. The van der Waals surface area contributed by atoms with Crippen LogP contribution in [0.4, 0.5) is 15.9 Å². The summed E-state index contributed by atoms with van der Waals surface area (Å²) >= 11 is 7.65. The zero-order valence-electron chi connectivity index (χ0n) is 17.5. The standard InChI is InChI=1S/C22H24ClFN4O2S2/c1-27(17-8-10-28(13-17)9-7-16-5-3-2-4-6-16)20-12-19(24)21(11-18(20)23)32(29,30)26-22-14-31-15-25-22/h2-6,11-12,14-15,17,26H,7-10,13H2,1H3/t17-/m0/s1. The van der Waals surface area contributed by atoms with Crippen molar-refractivity contribution in [2.75, 3.05) is 36.3 Å². The van der Waals surface area contributed by atoms with Crippen LogP contribution in [-0.4, -0.2) is 51.0 Å². The largest absolute Gasteiger partial charge is 0.369 e. The van der Waals surface area contributed by atoms with Gasteiger partial charge in [0.2, 0.25) is 0 Å². The number of nitrogens with zero attached hydrogens (tertiary/aromatic N) is 3. The first-order chi connectivity index (χ1) is 15.3. The van der Waals surface area contributed by atoms with E-state index in [0.717, 1.165) is 32.5 Å². The third kappa shape index (κ3) is 5.23. The highest BCUT2D eigenvalue weighted by Gasteiger charge is 2.29. The second-order valence-corrected chi connectivity index (χ2v) is 10.6. The van der Waals surface area contributed by atoms with E-state index < -0.39 is 20.7 Å². The van der Waals surface area contributed by atoms with Crippen LogP contribution < -0.4 is 9.62 Å². The number of hydrogen-bond donors (Lipinski definition) is 1. The first kappa shape index (κ1) is 23.0. The number of likely N-dealkylation sites (N-methyl/N-ethyl adjacent to an activating group) is 1. The molecule has 10 heteroatoms. The minimum absolute atomic E-state index is 0.147. The molecule has 2 aromatic carbocycles. The van der Waals surface area contributed by atoms with Gasteiger partial charge in [0.15, 0.2) is 5.82 Å². The van der Waals surface area contributed by atoms with Crippen LogP contribution in [0.25, 0.3) is 0 Å². The molecule has 32 heavy (non-hydrogen) atoms. The fourth-order valence-electron chi connectivity index (χ4n) is 3.91. The summed E-state index contributed by atoms with van der Waals surface area (Å²) in [5, 5.41) is 1.72. The lowest BCUT2D eigenvalue weighted by atomic mass is 10.1. The average molecular weight is 495 g/mol. The van der Waals surface area contributed by atoms with E-state index in [0.29, 0.717) is 5.69 Å². The van der Waals surface area contributed by atoms with Gasteiger partial charge in [-0.3, -0.25) is 4.72 Å². The number of thiazole rings is 1. The summed E-state index contributed by atoms with van der Waals surface area (Å²) in [4.78, 5) is 7.71. The molecule has 3 aromatic rings. The molecule has 0 radical (unpaired) electrons. The van der Waals surface area contributed by atoms with Crippen LogP contribution in [-0.2, 0) is 16.4 Å². The summed E-state index contributed by atoms with van der Waals surface area (Å²) in [6.07, 6.45) is 1.90. The molecule has 0 bridgehead atoms. The molecule has 6 nitrogen and oxygen atoms in total. The van der Waals surface area contributed by atoms with Crippen LogP contribution in [0.2, 0.25) is 5.02 Å². The van der Waals surface area contributed by atoms with Gasteiger partial charge in [-0.1, -0.05) is 41.9 Å². The van der Waals surface area contributed by atoms with Gasteiger partial charge < -0.3 is 9.80 Å². The smallest absolute Gasteiger partial charge is 0.266 e. The number of aromatic nitrogens is 1. The Morgan fingerprint density at radius 1 is 1.31 bits per heavy atom. The van der Waals surface area contributed by atoms with Crippen LogP contribution in [0.1, 0.15) is 12.0 Å². The van der Waals surface area contributed by atoms with E-state index in [1.54, 1.807) is 0 Å². The van der Waals surface area contributed by atoms with E-state index in [4.69, 9.17) is 11.6 Å². The van der Waals surface area contributed by atoms with Crippen molar-refractivity contribution < 1.29 is 12.8 Å². The second kappa shape index (κ2) is 9.74. The van der Waals surface area contributed by atoms with E-state index in [1.807, 2.05) is 30.1 Å². The first-order valence-corrected chi connectivity index (χ1v) is 13.0. The van der Waals surface area contributed by atoms with Crippen LogP contribution in [0.3, 0.4) is 0 Å². The molecule has 0 aliphatic carbocycles. The number of halogens is 2. The molecule has 1 aliphatic rings. The molecule has 4 rings (SSSR count). The number of sulfonamides is 1. The molecule has 0 amide bonds. The lowest BCUT2D eigenvalue weighted by Crippen LogP contribution is -2.35. The molecule has 0 saturated carbocycles. The lowest BCUT2D eigenvalue weighted by molar-refractivity contribution is 0.338. The number of rotatable bonds is 8. The van der Waals surface area contributed by atoms with E-state index in [9.17, 15) is 12.8 Å². The van der Waals surface area contributed by atoms with Crippen molar-refractivity contribution in [3.8, 4) is 0 Å². The van der Waals surface area contributed by atoms with Crippen molar-refractivity contribution in [3.63, 3.8) is 0 Å². The molecule has 1 atom stereocenters. The van der Waals surface area contributed by atoms with Gasteiger partial charge in [-0.05, 0) is 24.5 Å². The molecule has 1 fully saturated rings. The van der Waals surface area contributed by atoms with Crippen molar-refractivity contribution in [2.45, 2.75) is 23.8 Å². The van der Waals surface area contributed by atoms with Gasteiger partial charge in [-0.15, -0.1) is 11.3 Å². The fraction of sp³-hybridized carbons (Fsp3) is 0.318. The second-order valence-electron chi connectivity index (χ2n) is 7.80.